The maximum absolute atomic E-state index is 12.9. The van der Waals surface area contributed by atoms with Crippen LogP contribution < -0.4 is 5.32 Å². The molecule has 0 spiro atoms. The molecule has 1 aliphatic rings. The summed E-state index contributed by atoms with van der Waals surface area (Å²) in [5, 5.41) is 7.19. The van der Waals surface area contributed by atoms with Crippen molar-refractivity contribution in [2.75, 3.05) is 26.2 Å². The number of hydrogen-bond donors (Lipinski definition) is 1. The molecule has 2 amide bonds. The summed E-state index contributed by atoms with van der Waals surface area (Å²) >= 11 is 12.1. The molecular weight excluding hydrogens is 475 g/mol. The lowest BCUT2D eigenvalue weighted by molar-refractivity contribution is 0.172. The van der Waals surface area contributed by atoms with Gasteiger partial charge in [0.2, 0.25) is 10.0 Å². The lowest BCUT2D eigenvalue weighted by Gasteiger charge is -2.34. The molecular formula is C20H20Cl2N6O3S. The van der Waals surface area contributed by atoms with Gasteiger partial charge in [0.1, 0.15) is 4.90 Å². The molecule has 9 nitrogen and oxygen atoms in total. The average molecular weight is 495 g/mol. The van der Waals surface area contributed by atoms with Gasteiger partial charge in [0.15, 0.2) is 5.82 Å². The van der Waals surface area contributed by atoms with E-state index in [2.05, 4.69) is 15.4 Å². The van der Waals surface area contributed by atoms with Gasteiger partial charge < -0.3 is 10.2 Å². The highest BCUT2D eigenvalue weighted by molar-refractivity contribution is 7.89. The fourth-order valence-corrected chi connectivity index (χ4v) is 5.50. The van der Waals surface area contributed by atoms with Crippen LogP contribution in [0.5, 0.6) is 0 Å². The number of urea groups is 1. The molecule has 3 heterocycles. The highest BCUT2D eigenvalue weighted by atomic mass is 35.5. The van der Waals surface area contributed by atoms with Crippen molar-refractivity contribution in [1.82, 2.24) is 29.3 Å². The number of amides is 2. The number of sulfonamides is 1. The van der Waals surface area contributed by atoms with E-state index in [1.165, 1.54) is 16.4 Å². The van der Waals surface area contributed by atoms with Gasteiger partial charge in [-0.2, -0.15) is 9.40 Å². The van der Waals surface area contributed by atoms with Crippen molar-refractivity contribution in [3.8, 4) is 5.82 Å². The molecule has 0 bridgehead atoms. The highest BCUT2D eigenvalue weighted by Crippen LogP contribution is 2.31. The quantitative estimate of drug-likeness (QED) is 0.587. The first kappa shape index (κ1) is 22.5. The van der Waals surface area contributed by atoms with Gasteiger partial charge in [0, 0.05) is 51.3 Å². The van der Waals surface area contributed by atoms with Gasteiger partial charge in [-0.25, -0.2) is 22.9 Å². The van der Waals surface area contributed by atoms with E-state index >= 15 is 0 Å². The Morgan fingerprint density at radius 3 is 2.56 bits per heavy atom. The third-order valence-corrected chi connectivity index (χ3v) is 7.92. The first-order valence-corrected chi connectivity index (χ1v) is 12.0. The number of piperazine rings is 1. The average Bonchev–Trinajstić information content (AvgIpc) is 3.34. The van der Waals surface area contributed by atoms with Gasteiger partial charge in [0.05, 0.1) is 10.0 Å². The Labute approximate surface area is 195 Å². The van der Waals surface area contributed by atoms with Crippen molar-refractivity contribution < 1.29 is 13.2 Å². The summed E-state index contributed by atoms with van der Waals surface area (Å²) in [6, 6.07) is 9.69. The summed E-state index contributed by atoms with van der Waals surface area (Å²) in [5.74, 6) is 0.653. The van der Waals surface area contributed by atoms with E-state index in [9.17, 15) is 13.2 Å². The molecule has 0 radical (unpaired) electrons. The third-order valence-electron chi connectivity index (χ3n) is 5.05. The molecule has 168 valence electrons. The van der Waals surface area contributed by atoms with Crippen LogP contribution in [0.2, 0.25) is 10.0 Å². The Kier molecular flexibility index (Phi) is 6.66. The fraction of sp³-hybridized carbons (Fsp3) is 0.250. The molecule has 1 aromatic carbocycles. The Morgan fingerprint density at radius 2 is 1.84 bits per heavy atom. The first-order chi connectivity index (χ1) is 15.4. The molecule has 1 N–H and O–H groups in total. The van der Waals surface area contributed by atoms with Crippen molar-refractivity contribution in [3.05, 3.63) is 70.6 Å². The predicted octanol–water partition coefficient (Wildman–Crippen LogP) is 2.79. The van der Waals surface area contributed by atoms with Gasteiger partial charge in [-0.15, -0.1) is 0 Å². The molecule has 3 aromatic rings. The Balaban J connectivity index is 1.34. The number of nitrogens with zero attached hydrogens (tertiary/aromatic N) is 5. The summed E-state index contributed by atoms with van der Waals surface area (Å²) < 4.78 is 28.8. The second-order valence-electron chi connectivity index (χ2n) is 7.07. The van der Waals surface area contributed by atoms with E-state index in [-0.39, 0.29) is 47.2 Å². The molecule has 0 saturated carbocycles. The van der Waals surface area contributed by atoms with E-state index < -0.39 is 10.0 Å². The fourth-order valence-electron chi connectivity index (χ4n) is 3.34. The van der Waals surface area contributed by atoms with E-state index in [0.29, 0.717) is 12.4 Å². The number of nitrogens with one attached hydrogen (secondary N) is 1. The zero-order valence-electron chi connectivity index (χ0n) is 16.9. The van der Waals surface area contributed by atoms with Crippen LogP contribution in [0.15, 0.2) is 59.9 Å². The van der Waals surface area contributed by atoms with Gasteiger partial charge in [0.25, 0.3) is 0 Å². The standard InChI is InChI=1S/C20H20Cl2N6O3S/c21-16-3-1-4-17(19(16)22)32(30,31)27-11-9-26(10-12-27)20(29)24-14-15-5-7-23-18(13-15)28-8-2-6-25-28/h1-8,13H,9-12,14H2,(H,24,29). The molecule has 1 saturated heterocycles. The van der Waals surface area contributed by atoms with Crippen LogP contribution in [0.1, 0.15) is 5.56 Å². The molecule has 2 aromatic heterocycles. The smallest absolute Gasteiger partial charge is 0.317 e. The summed E-state index contributed by atoms with van der Waals surface area (Å²) in [5.41, 5.74) is 0.871. The molecule has 1 aliphatic heterocycles. The number of hydrogen-bond acceptors (Lipinski definition) is 5. The first-order valence-electron chi connectivity index (χ1n) is 9.78. The molecule has 0 atom stereocenters. The number of carbonyl (C=O) groups is 1. The number of rotatable bonds is 5. The Morgan fingerprint density at radius 1 is 1.06 bits per heavy atom. The van der Waals surface area contributed by atoms with Crippen LogP contribution in [0, 0.1) is 0 Å². The van der Waals surface area contributed by atoms with Crippen LogP contribution in [0.3, 0.4) is 0 Å². The molecule has 32 heavy (non-hydrogen) atoms. The van der Waals surface area contributed by atoms with Gasteiger partial charge in [-0.05, 0) is 35.9 Å². The van der Waals surface area contributed by atoms with Crippen molar-refractivity contribution in [2.45, 2.75) is 11.4 Å². The van der Waals surface area contributed by atoms with Crippen molar-refractivity contribution in [1.29, 1.82) is 0 Å². The monoisotopic (exact) mass is 494 g/mol. The largest absolute Gasteiger partial charge is 0.334 e. The molecule has 12 heteroatoms. The maximum atomic E-state index is 12.9. The van der Waals surface area contributed by atoms with Gasteiger partial charge in [-0.3, -0.25) is 0 Å². The summed E-state index contributed by atoms with van der Waals surface area (Å²) in [4.78, 5) is 18.4. The molecule has 1 fully saturated rings. The molecule has 0 unspecified atom stereocenters. The van der Waals surface area contributed by atoms with E-state index in [1.807, 2.05) is 12.1 Å². The number of benzene rings is 1. The van der Waals surface area contributed by atoms with Gasteiger partial charge >= 0.3 is 6.03 Å². The topological polar surface area (TPSA) is 100 Å². The molecule has 0 aliphatic carbocycles. The summed E-state index contributed by atoms with van der Waals surface area (Å²) in [6.45, 7) is 1.16. The van der Waals surface area contributed by atoms with Crippen molar-refractivity contribution in [2.24, 2.45) is 0 Å². The van der Waals surface area contributed by atoms with Crippen LogP contribution in [-0.2, 0) is 16.6 Å². The number of pyridine rings is 1. The minimum Gasteiger partial charge on any atom is -0.334 e. The zero-order valence-corrected chi connectivity index (χ0v) is 19.2. The van der Waals surface area contributed by atoms with Crippen LogP contribution in [0.25, 0.3) is 5.82 Å². The summed E-state index contributed by atoms with van der Waals surface area (Å²) in [6.07, 6.45) is 5.11. The normalized spacial score (nSPS) is 15.0. The van der Waals surface area contributed by atoms with E-state index in [4.69, 9.17) is 23.2 Å². The van der Waals surface area contributed by atoms with Crippen molar-refractivity contribution >= 4 is 39.3 Å². The minimum atomic E-state index is -3.80. The van der Waals surface area contributed by atoms with Crippen LogP contribution >= 0.6 is 23.2 Å². The lowest BCUT2D eigenvalue weighted by atomic mass is 10.2. The van der Waals surface area contributed by atoms with Gasteiger partial charge in [-0.1, -0.05) is 29.3 Å². The lowest BCUT2D eigenvalue weighted by Crippen LogP contribution is -2.53. The Hall–Kier alpha value is -2.66. The predicted molar refractivity (Wildman–Crippen MR) is 120 cm³/mol. The van der Waals surface area contributed by atoms with Crippen LogP contribution in [-0.4, -0.2) is 64.6 Å². The van der Waals surface area contributed by atoms with E-state index in [1.54, 1.807) is 40.3 Å². The SMILES string of the molecule is O=C(NCc1ccnc(-n2cccn2)c1)N1CCN(S(=O)(=O)c2cccc(Cl)c2Cl)CC1. The third kappa shape index (κ3) is 4.73. The second-order valence-corrected chi connectivity index (χ2v) is 9.77. The van der Waals surface area contributed by atoms with E-state index in [0.717, 1.165) is 5.56 Å². The number of carbonyl (C=O) groups excluding carboxylic acids is 1. The number of aromatic nitrogens is 3. The van der Waals surface area contributed by atoms with Crippen molar-refractivity contribution in [3.63, 3.8) is 0 Å². The molecule has 4 rings (SSSR count). The number of halogens is 2. The Bertz CT molecular complexity index is 1210. The highest BCUT2D eigenvalue weighted by Gasteiger charge is 2.31. The maximum Gasteiger partial charge on any atom is 0.317 e. The zero-order chi connectivity index (χ0) is 22.7. The van der Waals surface area contributed by atoms with Crippen LogP contribution in [0.4, 0.5) is 4.79 Å². The second kappa shape index (κ2) is 9.45. The minimum absolute atomic E-state index is 0.00108. The summed E-state index contributed by atoms with van der Waals surface area (Å²) in [7, 11) is -3.80.